The van der Waals surface area contributed by atoms with E-state index in [1.54, 1.807) is 0 Å². The molecular formula is C12H17ClN2. The first kappa shape index (κ1) is 10.9. The van der Waals surface area contributed by atoms with Crippen LogP contribution in [-0.4, -0.2) is 31.1 Å². The summed E-state index contributed by atoms with van der Waals surface area (Å²) in [6, 6.07) is 9.20. The van der Waals surface area contributed by atoms with Gasteiger partial charge >= 0.3 is 0 Å². The average molecular weight is 225 g/mol. The number of benzene rings is 1. The van der Waals surface area contributed by atoms with Gasteiger partial charge in [0.15, 0.2) is 0 Å². The van der Waals surface area contributed by atoms with Gasteiger partial charge in [-0.15, -0.1) is 0 Å². The van der Waals surface area contributed by atoms with Crippen LogP contribution in [-0.2, 0) is 0 Å². The maximum atomic E-state index is 5.89. The molecule has 82 valence electrons. The van der Waals surface area contributed by atoms with Crippen molar-refractivity contribution in [2.75, 3.05) is 20.1 Å². The van der Waals surface area contributed by atoms with Gasteiger partial charge in [0.05, 0.1) is 0 Å². The Labute approximate surface area is 96.2 Å². The fourth-order valence-electron chi connectivity index (χ4n) is 2.06. The van der Waals surface area contributed by atoms with Gasteiger partial charge in [-0.3, -0.25) is 4.90 Å². The summed E-state index contributed by atoms with van der Waals surface area (Å²) in [6.07, 6.45) is 0. The van der Waals surface area contributed by atoms with E-state index in [-0.39, 0.29) is 0 Å². The van der Waals surface area contributed by atoms with Gasteiger partial charge < -0.3 is 5.32 Å². The molecule has 1 aliphatic heterocycles. The van der Waals surface area contributed by atoms with Crippen molar-refractivity contribution in [3.8, 4) is 0 Å². The van der Waals surface area contributed by atoms with E-state index in [2.05, 4.69) is 36.3 Å². The third-order valence-corrected chi connectivity index (χ3v) is 3.47. The molecule has 0 aromatic heterocycles. The molecule has 1 fully saturated rings. The molecule has 0 radical (unpaired) electrons. The van der Waals surface area contributed by atoms with Crippen molar-refractivity contribution in [3.63, 3.8) is 0 Å². The van der Waals surface area contributed by atoms with Crippen LogP contribution < -0.4 is 5.32 Å². The van der Waals surface area contributed by atoms with E-state index in [9.17, 15) is 0 Å². The molecule has 2 unspecified atom stereocenters. The van der Waals surface area contributed by atoms with Crippen LogP contribution in [0.1, 0.15) is 18.5 Å². The second-order valence-corrected chi connectivity index (χ2v) is 4.68. The third kappa shape index (κ3) is 2.33. The molecular weight excluding hydrogens is 208 g/mol. The van der Waals surface area contributed by atoms with Crippen LogP contribution in [0.4, 0.5) is 0 Å². The predicted octanol–water partition coefficient (Wildman–Crippen LogP) is 2.30. The zero-order valence-corrected chi connectivity index (χ0v) is 9.96. The number of halogens is 1. The van der Waals surface area contributed by atoms with Gasteiger partial charge in [0, 0.05) is 30.2 Å². The van der Waals surface area contributed by atoms with Crippen molar-refractivity contribution in [1.29, 1.82) is 0 Å². The fraction of sp³-hybridized carbons (Fsp3) is 0.500. The van der Waals surface area contributed by atoms with Crippen molar-refractivity contribution < 1.29 is 0 Å². The smallest absolute Gasteiger partial charge is 0.0473 e. The lowest BCUT2D eigenvalue weighted by molar-refractivity contribution is 0.141. The lowest BCUT2D eigenvalue weighted by Crippen LogP contribution is -2.49. The number of hydrogen-bond acceptors (Lipinski definition) is 2. The minimum absolute atomic E-state index is 0.464. The number of nitrogens with zero attached hydrogens (tertiary/aromatic N) is 1. The van der Waals surface area contributed by atoms with Gasteiger partial charge in [-0.1, -0.05) is 23.7 Å². The molecule has 1 N–H and O–H groups in total. The maximum Gasteiger partial charge on any atom is 0.0473 e. The Bertz CT molecular complexity index is 323. The van der Waals surface area contributed by atoms with Crippen LogP contribution in [0, 0.1) is 0 Å². The minimum atomic E-state index is 0.464. The molecule has 1 saturated heterocycles. The zero-order valence-electron chi connectivity index (χ0n) is 9.20. The molecule has 1 heterocycles. The predicted molar refractivity (Wildman–Crippen MR) is 64.3 cm³/mol. The Morgan fingerprint density at radius 3 is 2.60 bits per heavy atom. The molecule has 2 nitrogen and oxygen atoms in total. The van der Waals surface area contributed by atoms with Crippen LogP contribution in [0.25, 0.3) is 0 Å². The molecule has 2 atom stereocenters. The minimum Gasteiger partial charge on any atom is -0.313 e. The monoisotopic (exact) mass is 224 g/mol. The molecule has 0 saturated carbocycles. The zero-order chi connectivity index (χ0) is 10.8. The maximum absolute atomic E-state index is 5.89. The van der Waals surface area contributed by atoms with E-state index >= 15 is 0 Å². The molecule has 15 heavy (non-hydrogen) atoms. The van der Waals surface area contributed by atoms with Crippen LogP contribution in [0.3, 0.4) is 0 Å². The van der Waals surface area contributed by atoms with Gasteiger partial charge in [0.1, 0.15) is 0 Å². The Morgan fingerprint density at radius 2 is 1.93 bits per heavy atom. The average Bonchev–Trinajstić information content (AvgIpc) is 2.24. The van der Waals surface area contributed by atoms with Crippen molar-refractivity contribution in [2.24, 2.45) is 0 Å². The standard InChI is InChI=1S/C12H17ClN2/c1-9-7-14-8-12(15(9)2)10-3-5-11(13)6-4-10/h3-6,9,12,14H,7-8H2,1-2H3. The molecule has 1 aromatic rings. The molecule has 0 aliphatic carbocycles. The second kappa shape index (κ2) is 4.52. The summed E-state index contributed by atoms with van der Waals surface area (Å²) in [5, 5.41) is 4.26. The molecule has 0 bridgehead atoms. The van der Waals surface area contributed by atoms with Crippen molar-refractivity contribution in [3.05, 3.63) is 34.9 Å². The van der Waals surface area contributed by atoms with Crippen LogP contribution in [0.15, 0.2) is 24.3 Å². The van der Waals surface area contributed by atoms with E-state index < -0.39 is 0 Å². The molecule has 1 aromatic carbocycles. The van der Waals surface area contributed by atoms with Gasteiger partial charge in [-0.25, -0.2) is 0 Å². The fourth-order valence-corrected chi connectivity index (χ4v) is 2.19. The molecule has 2 rings (SSSR count). The number of piperazine rings is 1. The molecule has 1 aliphatic rings. The Balaban J connectivity index is 2.18. The van der Waals surface area contributed by atoms with E-state index in [0.717, 1.165) is 18.1 Å². The van der Waals surface area contributed by atoms with E-state index in [1.165, 1.54) is 5.56 Å². The highest BCUT2D eigenvalue weighted by Gasteiger charge is 2.25. The van der Waals surface area contributed by atoms with Gasteiger partial charge in [0.2, 0.25) is 0 Å². The third-order valence-electron chi connectivity index (χ3n) is 3.22. The van der Waals surface area contributed by atoms with E-state index in [0.29, 0.717) is 12.1 Å². The van der Waals surface area contributed by atoms with E-state index in [1.807, 2.05) is 12.1 Å². The van der Waals surface area contributed by atoms with Crippen molar-refractivity contribution in [1.82, 2.24) is 10.2 Å². The van der Waals surface area contributed by atoms with Crippen LogP contribution >= 0.6 is 11.6 Å². The Morgan fingerprint density at radius 1 is 1.27 bits per heavy atom. The summed E-state index contributed by atoms with van der Waals surface area (Å²) >= 11 is 5.89. The largest absolute Gasteiger partial charge is 0.313 e. The lowest BCUT2D eigenvalue weighted by atomic mass is 10.0. The highest BCUT2D eigenvalue weighted by atomic mass is 35.5. The number of hydrogen-bond donors (Lipinski definition) is 1. The van der Waals surface area contributed by atoms with Crippen molar-refractivity contribution in [2.45, 2.75) is 19.0 Å². The first-order chi connectivity index (χ1) is 7.18. The van der Waals surface area contributed by atoms with Crippen LogP contribution in [0.5, 0.6) is 0 Å². The number of likely N-dealkylation sites (N-methyl/N-ethyl adjacent to an activating group) is 1. The summed E-state index contributed by atoms with van der Waals surface area (Å²) in [6.45, 7) is 4.33. The highest BCUT2D eigenvalue weighted by Crippen LogP contribution is 2.24. The lowest BCUT2D eigenvalue weighted by Gasteiger charge is -2.38. The molecule has 0 amide bonds. The highest BCUT2D eigenvalue weighted by molar-refractivity contribution is 6.30. The summed E-state index contributed by atoms with van der Waals surface area (Å²) in [5.74, 6) is 0. The summed E-state index contributed by atoms with van der Waals surface area (Å²) < 4.78 is 0. The van der Waals surface area contributed by atoms with E-state index in [4.69, 9.17) is 11.6 Å². The number of rotatable bonds is 1. The first-order valence-electron chi connectivity index (χ1n) is 5.36. The Hall–Kier alpha value is -0.570. The summed E-state index contributed by atoms with van der Waals surface area (Å²) in [5.41, 5.74) is 1.33. The molecule has 0 spiro atoms. The van der Waals surface area contributed by atoms with Crippen molar-refractivity contribution >= 4 is 11.6 Å². The molecule has 3 heteroatoms. The first-order valence-corrected chi connectivity index (χ1v) is 5.74. The summed E-state index contributed by atoms with van der Waals surface area (Å²) in [7, 11) is 2.19. The second-order valence-electron chi connectivity index (χ2n) is 4.24. The Kier molecular flexibility index (Phi) is 3.29. The summed E-state index contributed by atoms with van der Waals surface area (Å²) in [4.78, 5) is 2.42. The quantitative estimate of drug-likeness (QED) is 0.788. The van der Waals surface area contributed by atoms with Crippen LogP contribution in [0.2, 0.25) is 5.02 Å². The normalized spacial score (nSPS) is 27.9. The van der Waals surface area contributed by atoms with Gasteiger partial charge in [0.25, 0.3) is 0 Å². The van der Waals surface area contributed by atoms with Gasteiger partial charge in [-0.05, 0) is 31.7 Å². The topological polar surface area (TPSA) is 15.3 Å². The SMILES string of the molecule is CC1CNCC(c2ccc(Cl)cc2)N1C. The van der Waals surface area contributed by atoms with Gasteiger partial charge in [-0.2, -0.15) is 0 Å². The number of nitrogens with one attached hydrogen (secondary N) is 1.